The van der Waals surface area contributed by atoms with Crippen molar-refractivity contribution in [3.63, 3.8) is 0 Å². The zero-order valence-corrected chi connectivity index (χ0v) is 51.0. The number of hydrogen-bond donors (Lipinski definition) is 2. The fourth-order valence-electron chi connectivity index (χ4n) is 14.3. The molecule has 8 bridgehead atoms. The van der Waals surface area contributed by atoms with Gasteiger partial charge in [-0.15, -0.1) is 0 Å². The first kappa shape index (κ1) is 54.2. The van der Waals surface area contributed by atoms with E-state index >= 15 is 0 Å². The number of nitrogens with zero attached hydrogens (tertiary/aromatic N) is 6. The quantitative estimate of drug-likeness (QED) is 0.128. The number of benzene rings is 10. The summed E-state index contributed by atoms with van der Waals surface area (Å²) in [5.74, 6) is 0. The zero-order valence-electron chi connectivity index (χ0n) is 51.0. The van der Waals surface area contributed by atoms with Gasteiger partial charge in [0.2, 0.25) is 0 Å². The van der Waals surface area contributed by atoms with Gasteiger partial charge in [-0.05, 0) is 194 Å². The van der Waals surface area contributed by atoms with Gasteiger partial charge in [-0.1, -0.05) is 146 Å². The van der Waals surface area contributed by atoms with E-state index in [-0.39, 0.29) is 0 Å². The summed E-state index contributed by atoms with van der Waals surface area (Å²) in [6.45, 7) is 6.17. The average Bonchev–Trinajstić information content (AvgIpc) is 1.64. The number of anilines is 6. The van der Waals surface area contributed by atoms with Gasteiger partial charge in [-0.3, -0.25) is 0 Å². The molecule has 0 saturated heterocycles. The Morgan fingerprint density at radius 3 is 0.870 bits per heavy atom. The van der Waals surface area contributed by atoms with Crippen LogP contribution in [0.1, 0.15) is 36.6 Å². The van der Waals surface area contributed by atoms with E-state index in [1.807, 2.05) is 0 Å². The standard InChI is InChI=1S/C84H62N8/c1-3-89-77-31-19-17-29-65(77)67-53-57(37-51-79(67)89)83-73-47-43-69(85-73)81(55-33-39-63(40-34-55)91(59-21-9-5-10-22-59)60-23-11-6-12-24-60)71-45-49-75(87-71)84(58-38-52-80-68(54-58)66-30-18-20-32-78(66)90(80)4-2)76-50-46-72(88-76)82(70-44-48-74(83)86-70)56-35-41-64(42-36-56)92(61-25-13-7-14-26-61)62-27-15-8-16-28-62/h5-54,85,88H,3-4H2,1-2H3. The summed E-state index contributed by atoms with van der Waals surface area (Å²) in [4.78, 5) is 24.3. The van der Waals surface area contributed by atoms with E-state index < -0.39 is 0 Å². The van der Waals surface area contributed by atoms with Crippen molar-refractivity contribution >= 4 is 124 Å². The van der Waals surface area contributed by atoms with Crippen molar-refractivity contribution in [1.82, 2.24) is 29.1 Å². The summed E-state index contributed by atoms with van der Waals surface area (Å²) in [6, 6.07) is 101. The topological polar surface area (TPSA) is 73.7 Å². The number of aromatic nitrogens is 6. The summed E-state index contributed by atoms with van der Waals surface area (Å²) < 4.78 is 4.83. The minimum atomic E-state index is 0.848. The van der Waals surface area contributed by atoms with Crippen LogP contribution in [0.4, 0.5) is 34.1 Å². The highest BCUT2D eigenvalue weighted by molar-refractivity contribution is 6.12. The molecule has 2 aliphatic heterocycles. The lowest BCUT2D eigenvalue weighted by atomic mass is 10.0. The maximum atomic E-state index is 5.79. The fourth-order valence-corrected chi connectivity index (χ4v) is 14.3. The molecular formula is C84H62N8. The zero-order chi connectivity index (χ0) is 61.2. The third kappa shape index (κ3) is 9.22. The molecule has 2 N–H and O–H groups in total. The van der Waals surface area contributed by atoms with Crippen LogP contribution in [-0.2, 0) is 13.1 Å². The summed E-state index contributed by atoms with van der Waals surface area (Å²) in [5, 5.41) is 4.85. The minimum Gasteiger partial charge on any atom is -0.354 e. The van der Waals surface area contributed by atoms with Gasteiger partial charge in [0.25, 0.3) is 0 Å². The number of hydrogen-bond acceptors (Lipinski definition) is 4. The lowest BCUT2D eigenvalue weighted by Gasteiger charge is -2.25. The summed E-state index contributed by atoms with van der Waals surface area (Å²) >= 11 is 0. The second-order valence-electron chi connectivity index (χ2n) is 23.6. The van der Waals surface area contributed by atoms with Gasteiger partial charge in [-0.25, -0.2) is 9.97 Å². The monoisotopic (exact) mass is 1180 g/mol. The Morgan fingerprint density at radius 2 is 0.543 bits per heavy atom. The third-order valence-electron chi connectivity index (χ3n) is 18.4. The maximum Gasteiger partial charge on any atom is 0.0737 e. The number of fused-ring (bicyclic) bond motifs is 14. The highest BCUT2D eigenvalue weighted by Crippen LogP contribution is 2.44. The molecule has 92 heavy (non-hydrogen) atoms. The predicted molar refractivity (Wildman–Crippen MR) is 387 cm³/mol. The van der Waals surface area contributed by atoms with Crippen LogP contribution in [-0.4, -0.2) is 29.1 Å². The number of rotatable bonds is 12. The molecule has 0 atom stereocenters. The van der Waals surface area contributed by atoms with Crippen molar-refractivity contribution in [3.05, 3.63) is 302 Å². The third-order valence-corrected chi connectivity index (χ3v) is 18.4. The Balaban J connectivity index is 0.946. The molecule has 8 nitrogen and oxygen atoms in total. The van der Waals surface area contributed by atoms with Gasteiger partial charge in [-0.2, -0.15) is 0 Å². The molecular weight excluding hydrogens is 1120 g/mol. The molecule has 2 aliphatic rings. The van der Waals surface area contributed by atoms with E-state index in [0.717, 1.165) is 137 Å². The molecule has 0 radical (unpaired) electrons. The Kier molecular flexibility index (Phi) is 13.3. The molecule has 0 fully saturated rings. The molecule has 438 valence electrons. The molecule has 0 spiro atoms. The first-order valence-corrected chi connectivity index (χ1v) is 31.7. The molecule has 5 aromatic heterocycles. The van der Waals surface area contributed by atoms with Crippen LogP contribution in [0.15, 0.2) is 279 Å². The second-order valence-corrected chi connectivity index (χ2v) is 23.6. The lowest BCUT2D eigenvalue weighted by molar-refractivity contribution is 0.827. The van der Waals surface area contributed by atoms with E-state index in [1.165, 1.54) is 43.6 Å². The second kappa shape index (κ2) is 22.5. The Bertz CT molecular complexity index is 5150. The lowest BCUT2D eigenvalue weighted by Crippen LogP contribution is -2.09. The van der Waals surface area contributed by atoms with Crippen molar-refractivity contribution in [2.45, 2.75) is 26.9 Å². The van der Waals surface area contributed by atoms with E-state index in [4.69, 9.17) is 9.97 Å². The smallest absolute Gasteiger partial charge is 0.0737 e. The SMILES string of the molecule is CCn1c2ccccc2c2cc(-c3c4nc(c(-c5ccc(N(c6ccccc6)c6ccccc6)cc5)c5ccc([nH]5)c(-c5ccc6c(c5)c5ccccc5n6CC)c5nc(c(-c6ccc(N(c7ccccc7)c7ccccc7)cc6)c6ccc3[nH]6)C=C5)C=C4)ccc21. The molecule has 0 amide bonds. The van der Waals surface area contributed by atoms with Crippen LogP contribution in [0.3, 0.4) is 0 Å². The van der Waals surface area contributed by atoms with Crippen LogP contribution in [0.25, 0.3) is 134 Å². The number of aromatic amines is 2. The highest BCUT2D eigenvalue weighted by Gasteiger charge is 2.23. The van der Waals surface area contributed by atoms with Gasteiger partial charge in [0.05, 0.1) is 22.8 Å². The first-order chi connectivity index (χ1) is 45.5. The van der Waals surface area contributed by atoms with E-state index in [0.29, 0.717) is 0 Å². The molecule has 15 aromatic rings. The molecule has 0 saturated carbocycles. The van der Waals surface area contributed by atoms with Crippen molar-refractivity contribution in [3.8, 4) is 44.5 Å². The van der Waals surface area contributed by atoms with E-state index in [1.54, 1.807) is 0 Å². The summed E-state index contributed by atoms with van der Waals surface area (Å²) in [7, 11) is 0. The normalized spacial score (nSPS) is 12.0. The Labute approximate surface area is 533 Å². The average molecular weight is 1180 g/mol. The van der Waals surface area contributed by atoms with Crippen LogP contribution < -0.4 is 9.80 Å². The van der Waals surface area contributed by atoms with E-state index in [9.17, 15) is 0 Å². The maximum absolute atomic E-state index is 5.79. The van der Waals surface area contributed by atoms with Crippen LogP contribution in [0.5, 0.6) is 0 Å². The van der Waals surface area contributed by atoms with Crippen LogP contribution in [0, 0.1) is 0 Å². The Hall–Kier alpha value is -12.0. The highest BCUT2D eigenvalue weighted by atomic mass is 15.1. The minimum absolute atomic E-state index is 0.848. The molecule has 0 unspecified atom stereocenters. The molecule has 0 aliphatic carbocycles. The largest absolute Gasteiger partial charge is 0.354 e. The fraction of sp³-hybridized carbons (Fsp3) is 0.0476. The van der Waals surface area contributed by atoms with Gasteiger partial charge in [0.1, 0.15) is 0 Å². The number of H-pyrrole nitrogens is 2. The van der Waals surface area contributed by atoms with Crippen molar-refractivity contribution in [1.29, 1.82) is 0 Å². The molecule has 8 heteroatoms. The van der Waals surface area contributed by atoms with Crippen LogP contribution in [0.2, 0.25) is 0 Å². The van der Waals surface area contributed by atoms with Crippen molar-refractivity contribution in [2.75, 3.05) is 9.80 Å². The van der Waals surface area contributed by atoms with Gasteiger partial charge >= 0.3 is 0 Å². The van der Waals surface area contributed by atoms with Crippen LogP contribution >= 0.6 is 0 Å². The molecule has 7 heterocycles. The number of aryl methyl sites for hydroxylation is 2. The number of para-hydroxylation sites is 6. The Morgan fingerprint density at radius 1 is 0.272 bits per heavy atom. The van der Waals surface area contributed by atoms with Gasteiger partial charge < -0.3 is 28.9 Å². The summed E-state index contributed by atoms with van der Waals surface area (Å²) in [5.41, 5.74) is 26.5. The van der Waals surface area contributed by atoms with Crippen molar-refractivity contribution in [2.24, 2.45) is 0 Å². The first-order valence-electron chi connectivity index (χ1n) is 31.7. The predicted octanol–water partition coefficient (Wildman–Crippen LogP) is 22.5. The summed E-state index contributed by atoms with van der Waals surface area (Å²) in [6.07, 6.45) is 8.80. The molecule has 10 aromatic carbocycles. The number of nitrogens with one attached hydrogen (secondary N) is 2. The molecule has 17 rings (SSSR count). The van der Waals surface area contributed by atoms with Gasteiger partial charge in [0, 0.05) is 135 Å². The van der Waals surface area contributed by atoms with Crippen molar-refractivity contribution < 1.29 is 0 Å². The van der Waals surface area contributed by atoms with Gasteiger partial charge in [0.15, 0.2) is 0 Å². The van der Waals surface area contributed by atoms with E-state index in [2.05, 4.69) is 346 Å².